The highest BCUT2D eigenvalue weighted by Gasteiger charge is 2.01. The van der Waals surface area contributed by atoms with E-state index in [9.17, 15) is 0 Å². The Labute approximate surface area is 74.7 Å². The molecule has 4 N–H and O–H groups in total. The van der Waals surface area contributed by atoms with Gasteiger partial charge in [-0.25, -0.2) is 0 Å². The van der Waals surface area contributed by atoms with Crippen LogP contribution in [0.4, 0.5) is 0 Å². The minimum atomic E-state index is -0.0486. The van der Waals surface area contributed by atoms with Gasteiger partial charge in [0.05, 0.1) is 0 Å². The van der Waals surface area contributed by atoms with Gasteiger partial charge < -0.3 is 11.5 Å². The molecule has 0 heterocycles. The molecule has 11 heavy (non-hydrogen) atoms. The van der Waals surface area contributed by atoms with Gasteiger partial charge in [0.15, 0.2) is 0 Å². The molecule has 0 radical (unpaired) electrons. The van der Waals surface area contributed by atoms with Gasteiger partial charge in [-0.1, -0.05) is 28.1 Å². The fraction of sp³-hybridized carbons (Fsp3) is 0.250. The summed E-state index contributed by atoms with van der Waals surface area (Å²) >= 11 is 3.36. The molecular formula is C8H11BrN2. The first kappa shape index (κ1) is 8.71. The second kappa shape index (κ2) is 3.85. The van der Waals surface area contributed by atoms with Crippen molar-refractivity contribution >= 4 is 15.9 Å². The Bertz CT molecular complexity index is 237. The van der Waals surface area contributed by atoms with E-state index in [1.165, 1.54) is 0 Å². The molecule has 1 aromatic rings. The van der Waals surface area contributed by atoms with Crippen molar-refractivity contribution in [3.8, 4) is 0 Å². The number of nitrogens with two attached hydrogens (primary N) is 2. The van der Waals surface area contributed by atoms with Gasteiger partial charge in [-0.3, -0.25) is 0 Å². The lowest BCUT2D eigenvalue weighted by Crippen LogP contribution is -2.20. The van der Waals surface area contributed by atoms with E-state index in [4.69, 9.17) is 11.5 Å². The van der Waals surface area contributed by atoms with Crippen LogP contribution < -0.4 is 11.5 Å². The highest BCUT2D eigenvalue weighted by Crippen LogP contribution is 2.15. The molecule has 0 saturated carbocycles. The molecule has 0 amide bonds. The maximum atomic E-state index is 5.72. The molecule has 0 aliphatic carbocycles. The second-order valence-corrected chi connectivity index (χ2v) is 3.31. The van der Waals surface area contributed by atoms with E-state index in [1.807, 2.05) is 24.3 Å². The summed E-state index contributed by atoms with van der Waals surface area (Å²) in [6.07, 6.45) is 0. The monoisotopic (exact) mass is 214 g/mol. The fourth-order valence-corrected chi connectivity index (χ4v) is 1.29. The van der Waals surface area contributed by atoms with Crippen LogP contribution in [-0.4, -0.2) is 6.54 Å². The Morgan fingerprint density at radius 3 is 2.73 bits per heavy atom. The molecule has 0 fully saturated rings. The Kier molecular flexibility index (Phi) is 3.05. The SMILES string of the molecule is NC[C@@H](N)c1cccc(Br)c1. The van der Waals surface area contributed by atoms with Gasteiger partial charge in [0.2, 0.25) is 0 Å². The zero-order chi connectivity index (χ0) is 8.27. The Morgan fingerprint density at radius 2 is 2.18 bits per heavy atom. The maximum Gasteiger partial charge on any atom is 0.0419 e. The molecule has 0 spiro atoms. The molecule has 0 aliphatic rings. The zero-order valence-corrected chi connectivity index (χ0v) is 7.71. The van der Waals surface area contributed by atoms with Gasteiger partial charge in [-0.15, -0.1) is 0 Å². The summed E-state index contributed by atoms with van der Waals surface area (Å²) in [5, 5.41) is 0. The highest BCUT2D eigenvalue weighted by molar-refractivity contribution is 9.10. The number of hydrogen-bond donors (Lipinski definition) is 2. The molecule has 1 atom stereocenters. The van der Waals surface area contributed by atoms with Gasteiger partial charge in [-0.05, 0) is 17.7 Å². The van der Waals surface area contributed by atoms with Gasteiger partial charge in [0, 0.05) is 17.1 Å². The van der Waals surface area contributed by atoms with Crippen molar-refractivity contribution in [2.45, 2.75) is 6.04 Å². The predicted octanol–water partition coefficient (Wildman–Crippen LogP) is 1.41. The summed E-state index contributed by atoms with van der Waals surface area (Å²) < 4.78 is 1.04. The van der Waals surface area contributed by atoms with Crippen LogP contribution in [-0.2, 0) is 0 Å². The summed E-state index contributed by atoms with van der Waals surface area (Å²) in [5.74, 6) is 0. The lowest BCUT2D eigenvalue weighted by Gasteiger charge is -2.08. The van der Waals surface area contributed by atoms with Crippen LogP contribution in [0.2, 0.25) is 0 Å². The molecule has 2 nitrogen and oxygen atoms in total. The van der Waals surface area contributed by atoms with Gasteiger partial charge in [0.25, 0.3) is 0 Å². The van der Waals surface area contributed by atoms with Crippen LogP contribution in [0.15, 0.2) is 28.7 Å². The van der Waals surface area contributed by atoms with Gasteiger partial charge in [0.1, 0.15) is 0 Å². The topological polar surface area (TPSA) is 52.0 Å². The van der Waals surface area contributed by atoms with Crippen molar-refractivity contribution in [3.63, 3.8) is 0 Å². The van der Waals surface area contributed by atoms with Gasteiger partial charge in [-0.2, -0.15) is 0 Å². The first-order valence-corrected chi connectivity index (χ1v) is 4.24. The average molecular weight is 215 g/mol. The molecule has 0 bridgehead atoms. The lowest BCUT2D eigenvalue weighted by atomic mass is 10.1. The van der Waals surface area contributed by atoms with E-state index in [0.717, 1.165) is 10.0 Å². The summed E-state index contributed by atoms with van der Waals surface area (Å²) in [7, 11) is 0. The fourth-order valence-electron chi connectivity index (χ4n) is 0.873. The molecule has 1 aromatic carbocycles. The normalized spacial score (nSPS) is 13.0. The van der Waals surface area contributed by atoms with E-state index >= 15 is 0 Å². The predicted molar refractivity (Wildman–Crippen MR) is 50.1 cm³/mol. The van der Waals surface area contributed by atoms with Crippen LogP contribution >= 0.6 is 15.9 Å². The number of halogens is 1. The minimum Gasteiger partial charge on any atom is -0.329 e. The summed E-state index contributed by atoms with van der Waals surface area (Å²) in [6, 6.07) is 7.83. The molecule has 0 unspecified atom stereocenters. The minimum absolute atomic E-state index is 0.0486. The average Bonchev–Trinajstić information content (AvgIpc) is 2.03. The van der Waals surface area contributed by atoms with Crippen LogP contribution in [0.3, 0.4) is 0 Å². The van der Waals surface area contributed by atoms with Crippen molar-refractivity contribution in [2.24, 2.45) is 11.5 Å². The summed E-state index contributed by atoms with van der Waals surface area (Å²) in [6.45, 7) is 0.483. The quantitative estimate of drug-likeness (QED) is 0.783. The van der Waals surface area contributed by atoms with Crippen molar-refractivity contribution in [1.82, 2.24) is 0 Å². The van der Waals surface area contributed by atoms with Crippen molar-refractivity contribution in [3.05, 3.63) is 34.3 Å². The van der Waals surface area contributed by atoms with Crippen LogP contribution in [0.5, 0.6) is 0 Å². The summed E-state index contributed by atoms with van der Waals surface area (Å²) in [5.41, 5.74) is 12.2. The van der Waals surface area contributed by atoms with Crippen LogP contribution in [0.25, 0.3) is 0 Å². The third-order valence-electron chi connectivity index (χ3n) is 1.53. The molecular weight excluding hydrogens is 204 g/mol. The van der Waals surface area contributed by atoms with E-state index in [1.54, 1.807) is 0 Å². The lowest BCUT2D eigenvalue weighted by molar-refractivity contribution is 0.736. The highest BCUT2D eigenvalue weighted by atomic mass is 79.9. The molecule has 0 aromatic heterocycles. The van der Waals surface area contributed by atoms with E-state index < -0.39 is 0 Å². The Hall–Kier alpha value is -0.380. The number of hydrogen-bond acceptors (Lipinski definition) is 2. The largest absolute Gasteiger partial charge is 0.329 e. The van der Waals surface area contributed by atoms with Gasteiger partial charge >= 0.3 is 0 Å². The molecule has 0 aliphatic heterocycles. The van der Waals surface area contributed by atoms with Crippen molar-refractivity contribution in [2.75, 3.05) is 6.54 Å². The van der Waals surface area contributed by atoms with E-state index in [-0.39, 0.29) is 6.04 Å². The molecule has 0 saturated heterocycles. The standard InChI is InChI=1S/C8H11BrN2/c9-7-3-1-2-6(4-7)8(11)5-10/h1-4,8H,5,10-11H2/t8-/m1/s1. The Morgan fingerprint density at radius 1 is 1.45 bits per heavy atom. The second-order valence-electron chi connectivity index (χ2n) is 2.40. The summed E-state index contributed by atoms with van der Waals surface area (Å²) in [4.78, 5) is 0. The first-order valence-electron chi connectivity index (χ1n) is 3.45. The van der Waals surface area contributed by atoms with Crippen LogP contribution in [0.1, 0.15) is 11.6 Å². The zero-order valence-electron chi connectivity index (χ0n) is 6.13. The van der Waals surface area contributed by atoms with E-state index in [2.05, 4.69) is 15.9 Å². The number of rotatable bonds is 2. The van der Waals surface area contributed by atoms with Crippen LogP contribution in [0, 0.1) is 0 Å². The Balaban J connectivity index is 2.86. The van der Waals surface area contributed by atoms with Crippen molar-refractivity contribution in [1.29, 1.82) is 0 Å². The molecule has 3 heteroatoms. The van der Waals surface area contributed by atoms with E-state index in [0.29, 0.717) is 6.54 Å². The number of benzene rings is 1. The smallest absolute Gasteiger partial charge is 0.0419 e. The molecule has 1 rings (SSSR count). The first-order chi connectivity index (χ1) is 5.24. The van der Waals surface area contributed by atoms with Crippen molar-refractivity contribution < 1.29 is 0 Å². The maximum absolute atomic E-state index is 5.72. The third-order valence-corrected chi connectivity index (χ3v) is 2.02. The third kappa shape index (κ3) is 2.29. The molecule has 60 valence electrons.